The molecule has 3 fully saturated rings. The number of amides is 1. The van der Waals surface area contributed by atoms with Crippen LogP contribution in [0.3, 0.4) is 0 Å². The zero-order chi connectivity index (χ0) is 11.7. The predicted molar refractivity (Wildman–Crippen MR) is 66.8 cm³/mol. The Balaban J connectivity index is 1.46. The fourth-order valence-electron chi connectivity index (χ4n) is 3.62. The standard InChI is InChI=1S/C13H23N3O/c17-13(16-6-1-2-7-16)10-14-11-5-9-15-8-3-4-12(11)15/h11-12,14H,1-10H2. The molecule has 1 amide bonds. The van der Waals surface area contributed by atoms with Crippen LogP contribution in [0, 0.1) is 0 Å². The number of carbonyl (C=O) groups is 1. The van der Waals surface area contributed by atoms with E-state index in [1.807, 2.05) is 4.90 Å². The highest BCUT2D eigenvalue weighted by Crippen LogP contribution is 2.27. The van der Waals surface area contributed by atoms with Gasteiger partial charge in [-0.05, 0) is 38.6 Å². The summed E-state index contributed by atoms with van der Waals surface area (Å²) in [4.78, 5) is 16.5. The second-order valence-corrected chi connectivity index (χ2v) is 5.61. The molecule has 0 radical (unpaired) electrons. The molecule has 0 aliphatic carbocycles. The third-order valence-electron chi connectivity index (χ3n) is 4.58. The molecule has 0 bridgehead atoms. The quantitative estimate of drug-likeness (QED) is 0.773. The van der Waals surface area contributed by atoms with E-state index >= 15 is 0 Å². The summed E-state index contributed by atoms with van der Waals surface area (Å²) in [5.74, 6) is 0.305. The van der Waals surface area contributed by atoms with Crippen LogP contribution in [-0.2, 0) is 4.79 Å². The molecule has 3 aliphatic heterocycles. The SMILES string of the molecule is O=C(CNC1CCN2CCCC12)N1CCCC1. The smallest absolute Gasteiger partial charge is 0.236 e. The van der Waals surface area contributed by atoms with Crippen LogP contribution in [0.5, 0.6) is 0 Å². The van der Waals surface area contributed by atoms with Crippen molar-refractivity contribution >= 4 is 5.91 Å². The highest BCUT2D eigenvalue weighted by atomic mass is 16.2. The van der Waals surface area contributed by atoms with E-state index in [4.69, 9.17) is 0 Å². The van der Waals surface area contributed by atoms with Gasteiger partial charge in [-0.1, -0.05) is 0 Å². The summed E-state index contributed by atoms with van der Waals surface area (Å²) in [6.45, 7) is 4.99. The van der Waals surface area contributed by atoms with Crippen LogP contribution in [0.15, 0.2) is 0 Å². The first-order chi connectivity index (χ1) is 8.34. The second-order valence-electron chi connectivity index (χ2n) is 5.61. The molecular formula is C13H23N3O. The first kappa shape index (κ1) is 11.5. The van der Waals surface area contributed by atoms with Gasteiger partial charge in [0, 0.05) is 31.7 Å². The summed E-state index contributed by atoms with van der Waals surface area (Å²) >= 11 is 0. The molecule has 0 aromatic heterocycles. The zero-order valence-corrected chi connectivity index (χ0v) is 10.5. The first-order valence-electron chi connectivity index (χ1n) is 7.10. The average molecular weight is 237 g/mol. The van der Waals surface area contributed by atoms with Gasteiger partial charge in [0.25, 0.3) is 0 Å². The molecule has 3 rings (SSSR count). The van der Waals surface area contributed by atoms with E-state index in [1.54, 1.807) is 0 Å². The number of hydrogen-bond acceptors (Lipinski definition) is 3. The first-order valence-corrected chi connectivity index (χ1v) is 7.10. The Morgan fingerprint density at radius 1 is 1.06 bits per heavy atom. The minimum atomic E-state index is 0.305. The van der Waals surface area contributed by atoms with Gasteiger partial charge in [-0.25, -0.2) is 0 Å². The summed E-state index contributed by atoms with van der Waals surface area (Å²) in [6.07, 6.45) is 6.24. The van der Waals surface area contributed by atoms with Gasteiger partial charge in [-0.2, -0.15) is 0 Å². The van der Waals surface area contributed by atoms with Gasteiger partial charge in [0.1, 0.15) is 0 Å². The number of nitrogens with one attached hydrogen (secondary N) is 1. The van der Waals surface area contributed by atoms with Crippen LogP contribution in [0.2, 0.25) is 0 Å². The highest BCUT2D eigenvalue weighted by molar-refractivity contribution is 5.78. The third-order valence-corrected chi connectivity index (χ3v) is 4.58. The van der Waals surface area contributed by atoms with Crippen LogP contribution in [0.1, 0.15) is 32.1 Å². The minimum absolute atomic E-state index is 0.305. The van der Waals surface area contributed by atoms with Crippen molar-refractivity contribution in [3.63, 3.8) is 0 Å². The lowest BCUT2D eigenvalue weighted by Crippen LogP contribution is -2.44. The number of hydrogen-bond donors (Lipinski definition) is 1. The molecule has 0 aromatic carbocycles. The van der Waals surface area contributed by atoms with Crippen molar-refractivity contribution in [1.29, 1.82) is 0 Å². The van der Waals surface area contributed by atoms with E-state index in [1.165, 1.54) is 45.2 Å². The molecule has 3 saturated heterocycles. The highest BCUT2D eigenvalue weighted by Gasteiger charge is 2.37. The molecule has 0 spiro atoms. The van der Waals surface area contributed by atoms with Crippen molar-refractivity contribution in [2.45, 2.75) is 44.2 Å². The van der Waals surface area contributed by atoms with Crippen molar-refractivity contribution in [3.8, 4) is 0 Å². The lowest BCUT2D eigenvalue weighted by molar-refractivity contribution is -0.129. The molecule has 3 heterocycles. The van der Waals surface area contributed by atoms with Crippen molar-refractivity contribution < 1.29 is 4.79 Å². The third kappa shape index (κ3) is 2.33. The Morgan fingerprint density at radius 3 is 2.71 bits per heavy atom. The Labute approximate surface area is 103 Å². The van der Waals surface area contributed by atoms with E-state index in [0.717, 1.165) is 13.1 Å². The van der Waals surface area contributed by atoms with Crippen molar-refractivity contribution in [3.05, 3.63) is 0 Å². The lowest BCUT2D eigenvalue weighted by Gasteiger charge is -2.22. The van der Waals surface area contributed by atoms with Crippen molar-refractivity contribution in [1.82, 2.24) is 15.1 Å². The van der Waals surface area contributed by atoms with E-state index in [2.05, 4.69) is 10.2 Å². The Kier molecular flexibility index (Phi) is 3.34. The largest absolute Gasteiger partial charge is 0.342 e. The maximum Gasteiger partial charge on any atom is 0.236 e. The van der Waals surface area contributed by atoms with Gasteiger partial charge in [0.2, 0.25) is 5.91 Å². The molecule has 96 valence electrons. The molecule has 4 nitrogen and oxygen atoms in total. The van der Waals surface area contributed by atoms with Gasteiger partial charge >= 0.3 is 0 Å². The molecule has 0 aromatic rings. The van der Waals surface area contributed by atoms with Gasteiger partial charge < -0.3 is 10.2 Å². The maximum atomic E-state index is 11.9. The zero-order valence-electron chi connectivity index (χ0n) is 10.5. The normalized spacial score (nSPS) is 33.3. The predicted octanol–water partition coefficient (Wildman–Crippen LogP) is 0.435. The second kappa shape index (κ2) is 4.94. The topological polar surface area (TPSA) is 35.6 Å². The van der Waals surface area contributed by atoms with E-state index < -0.39 is 0 Å². The summed E-state index contributed by atoms with van der Waals surface area (Å²) < 4.78 is 0. The Hall–Kier alpha value is -0.610. The minimum Gasteiger partial charge on any atom is -0.342 e. The van der Waals surface area contributed by atoms with E-state index in [9.17, 15) is 4.79 Å². The molecule has 0 saturated carbocycles. The molecule has 4 heteroatoms. The molecule has 2 unspecified atom stereocenters. The molecule has 2 atom stereocenters. The monoisotopic (exact) mass is 237 g/mol. The molecule has 17 heavy (non-hydrogen) atoms. The maximum absolute atomic E-state index is 11.9. The van der Waals surface area contributed by atoms with Gasteiger partial charge in [0.15, 0.2) is 0 Å². The van der Waals surface area contributed by atoms with Gasteiger partial charge in [-0.3, -0.25) is 9.69 Å². The molecule has 3 aliphatic rings. The van der Waals surface area contributed by atoms with Crippen LogP contribution in [-0.4, -0.2) is 60.5 Å². The summed E-state index contributed by atoms with van der Waals surface area (Å²) in [5, 5.41) is 3.50. The van der Waals surface area contributed by atoms with Crippen LogP contribution < -0.4 is 5.32 Å². The van der Waals surface area contributed by atoms with E-state index in [-0.39, 0.29) is 0 Å². The molecule has 1 N–H and O–H groups in total. The number of carbonyl (C=O) groups excluding carboxylic acids is 1. The molecular weight excluding hydrogens is 214 g/mol. The number of fused-ring (bicyclic) bond motifs is 1. The van der Waals surface area contributed by atoms with Crippen LogP contribution in [0.4, 0.5) is 0 Å². The average Bonchev–Trinajstić information content (AvgIpc) is 3.03. The summed E-state index contributed by atoms with van der Waals surface area (Å²) in [5.41, 5.74) is 0. The Morgan fingerprint density at radius 2 is 1.88 bits per heavy atom. The fraction of sp³-hybridized carbons (Fsp3) is 0.923. The van der Waals surface area contributed by atoms with E-state index in [0.29, 0.717) is 24.5 Å². The fourth-order valence-corrected chi connectivity index (χ4v) is 3.62. The number of likely N-dealkylation sites (tertiary alicyclic amines) is 1. The van der Waals surface area contributed by atoms with Crippen molar-refractivity contribution in [2.75, 3.05) is 32.7 Å². The number of rotatable bonds is 3. The summed E-state index contributed by atoms with van der Waals surface area (Å²) in [6, 6.07) is 1.27. The van der Waals surface area contributed by atoms with Gasteiger partial charge in [-0.15, -0.1) is 0 Å². The van der Waals surface area contributed by atoms with Crippen LogP contribution in [0.25, 0.3) is 0 Å². The summed E-state index contributed by atoms with van der Waals surface area (Å²) in [7, 11) is 0. The lowest BCUT2D eigenvalue weighted by atomic mass is 10.1. The number of nitrogens with zero attached hydrogens (tertiary/aromatic N) is 2. The van der Waals surface area contributed by atoms with Crippen molar-refractivity contribution in [2.24, 2.45) is 0 Å². The van der Waals surface area contributed by atoms with Gasteiger partial charge in [0.05, 0.1) is 6.54 Å². The Bertz CT molecular complexity index is 288. The van der Waals surface area contributed by atoms with Crippen LogP contribution >= 0.6 is 0 Å².